The number of carbonyl (C=O) groups is 1. The zero-order chi connectivity index (χ0) is 21.5. The van der Waals surface area contributed by atoms with Crippen LogP contribution in [0.4, 0.5) is 0 Å². The number of aromatic nitrogens is 3. The maximum atomic E-state index is 12.0. The Bertz CT molecular complexity index is 830. The van der Waals surface area contributed by atoms with Crippen LogP contribution in [-0.4, -0.2) is 83.7 Å². The van der Waals surface area contributed by atoms with Gasteiger partial charge in [-0.2, -0.15) is 0 Å². The molecule has 2 heterocycles. The number of benzene rings is 1. The van der Waals surface area contributed by atoms with Gasteiger partial charge in [-0.15, -0.1) is 5.10 Å². The molecule has 0 aliphatic carbocycles. The third-order valence-electron chi connectivity index (χ3n) is 5.18. The summed E-state index contributed by atoms with van der Waals surface area (Å²) >= 11 is 0. The number of piperazine rings is 1. The highest BCUT2D eigenvalue weighted by Gasteiger charge is 2.19. The van der Waals surface area contributed by atoms with Crippen LogP contribution in [0.3, 0.4) is 0 Å². The molecule has 0 atom stereocenters. The van der Waals surface area contributed by atoms with Crippen LogP contribution in [0.2, 0.25) is 0 Å². The average Bonchev–Trinajstić information content (AvgIpc) is 3.22. The Kier molecular flexibility index (Phi) is 7.64. The maximum Gasteiger partial charge on any atom is 0.273 e. The van der Waals surface area contributed by atoms with E-state index in [4.69, 9.17) is 9.47 Å². The number of rotatable bonds is 9. The lowest BCUT2D eigenvalue weighted by molar-refractivity contribution is 0.0938. The molecule has 3 rings (SSSR count). The summed E-state index contributed by atoms with van der Waals surface area (Å²) in [5.74, 6) is 1.55. The summed E-state index contributed by atoms with van der Waals surface area (Å²) in [6, 6.07) is 6.00. The highest BCUT2D eigenvalue weighted by atomic mass is 16.5. The molecule has 1 amide bonds. The van der Waals surface area contributed by atoms with Gasteiger partial charge in [0.05, 0.1) is 27.0 Å². The zero-order valence-corrected chi connectivity index (χ0v) is 18.3. The molecule has 0 radical (unpaired) electrons. The predicted octanol–water partition coefficient (Wildman–Crippen LogP) is 1.25. The Hall–Kier alpha value is -2.65. The van der Waals surface area contributed by atoms with Gasteiger partial charge in [-0.3, -0.25) is 19.3 Å². The van der Waals surface area contributed by atoms with Gasteiger partial charge in [-0.25, -0.2) is 0 Å². The lowest BCUT2D eigenvalue weighted by Gasteiger charge is -2.34. The number of nitrogens with zero attached hydrogens (tertiary/aromatic N) is 5. The summed E-state index contributed by atoms with van der Waals surface area (Å²) in [7, 11) is 3.38. The van der Waals surface area contributed by atoms with Crippen molar-refractivity contribution in [3.05, 3.63) is 35.7 Å². The predicted molar refractivity (Wildman–Crippen MR) is 114 cm³/mol. The monoisotopic (exact) mass is 416 g/mol. The van der Waals surface area contributed by atoms with Gasteiger partial charge in [0.25, 0.3) is 5.91 Å². The van der Waals surface area contributed by atoms with Crippen LogP contribution in [0.5, 0.6) is 11.5 Å². The number of methoxy groups -OCH3 is 2. The fraction of sp³-hybridized carbons (Fsp3) is 0.571. The minimum absolute atomic E-state index is 0.0795. The first-order valence-corrected chi connectivity index (χ1v) is 10.3. The third-order valence-corrected chi connectivity index (χ3v) is 5.18. The molecule has 1 aliphatic rings. The van der Waals surface area contributed by atoms with E-state index in [1.807, 2.05) is 32.0 Å². The van der Waals surface area contributed by atoms with E-state index in [2.05, 4.69) is 25.4 Å². The largest absolute Gasteiger partial charge is 0.497 e. The number of amides is 1. The van der Waals surface area contributed by atoms with Crippen molar-refractivity contribution in [1.82, 2.24) is 30.1 Å². The molecule has 0 saturated carbocycles. The number of hydrogen-bond acceptors (Lipinski definition) is 7. The first-order valence-electron chi connectivity index (χ1n) is 10.3. The molecule has 164 valence electrons. The van der Waals surface area contributed by atoms with Crippen molar-refractivity contribution >= 4 is 5.91 Å². The molecule has 1 aliphatic heterocycles. The molecule has 0 unspecified atom stereocenters. The van der Waals surface area contributed by atoms with E-state index in [1.54, 1.807) is 25.1 Å². The van der Waals surface area contributed by atoms with Crippen LogP contribution >= 0.6 is 0 Å². The van der Waals surface area contributed by atoms with Crippen molar-refractivity contribution in [2.45, 2.75) is 33.0 Å². The Morgan fingerprint density at radius 3 is 2.50 bits per heavy atom. The summed E-state index contributed by atoms with van der Waals surface area (Å²) in [5.41, 5.74) is 1.50. The third kappa shape index (κ3) is 5.93. The molecular weight excluding hydrogens is 384 g/mol. The van der Waals surface area contributed by atoms with E-state index >= 15 is 0 Å². The molecule has 1 fully saturated rings. The van der Waals surface area contributed by atoms with Crippen molar-refractivity contribution in [2.75, 3.05) is 46.9 Å². The van der Waals surface area contributed by atoms with Crippen molar-refractivity contribution in [2.24, 2.45) is 0 Å². The van der Waals surface area contributed by atoms with Crippen molar-refractivity contribution in [1.29, 1.82) is 0 Å². The van der Waals surface area contributed by atoms with E-state index in [0.29, 0.717) is 12.2 Å². The van der Waals surface area contributed by atoms with Crippen LogP contribution in [0.15, 0.2) is 24.4 Å². The second-order valence-corrected chi connectivity index (χ2v) is 7.79. The zero-order valence-electron chi connectivity index (χ0n) is 18.3. The quantitative estimate of drug-likeness (QED) is 0.659. The molecule has 1 N–H and O–H groups in total. The Labute approximate surface area is 177 Å². The normalized spacial score (nSPS) is 15.4. The molecule has 0 bridgehead atoms. The summed E-state index contributed by atoms with van der Waals surface area (Å²) in [5, 5.41) is 10.9. The van der Waals surface area contributed by atoms with Crippen LogP contribution in [-0.2, 0) is 13.1 Å². The van der Waals surface area contributed by atoms with Gasteiger partial charge in [0.2, 0.25) is 0 Å². The number of ether oxygens (including phenoxy) is 2. The van der Waals surface area contributed by atoms with E-state index in [0.717, 1.165) is 56.3 Å². The second kappa shape index (κ2) is 10.4. The summed E-state index contributed by atoms with van der Waals surface area (Å²) in [4.78, 5) is 16.8. The fourth-order valence-electron chi connectivity index (χ4n) is 3.51. The van der Waals surface area contributed by atoms with E-state index in [9.17, 15) is 4.79 Å². The van der Waals surface area contributed by atoms with Crippen molar-refractivity contribution < 1.29 is 14.3 Å². The molecule has 30 heavy (non-hydrogen) atoms. The van der Waals surface area contributed by atoms with Crippen LogP contribution in [0.1, 0.15) is 29.9 Å². The first-order chi connectivity index (χ1) is 14.5. The SMILES string of the molecule is COc1ccc(OC)c(CN2CCN(CCn3cc(C(=O)NC(C)C)nn3)CC2)c1. The first kappa shape index (κ1) is 22.0. The van der Waals surface area contributed by atoms with E-state index < -0.39 is 0 Å². The van der Waals surface area contributed by atoms with Gasteiger partial charge in [0.1, 0.15) is 11.5 Å². The average molecular weight is 417 g/mol. The molecule has 2 aromatic rings. The number of hydrogen-bond donors (Lipinski definition) is 1. The van der Waals surface area contributed by atoms with Gasteiger partial charge in [-0.05, 0) is 32.0 Å². The minimum Gasteiger partial charge on any atom is -0.497 e. The standard InChI is InChI=1S/C21H32N6O3/c1-16(2)22-21(28)19-15-27(24-23-19)12-11-25-7-9-26(10-8-25)14-17-13-18(29-3)5-6-20(17)30-4/h5-6,13,15-16H,7-12,14H2,1-4H3,(H,22,28). The molecule has 9 heteroatoms. The maximum absolute atomic E-state index is 12.0. The topological polar surface area (TPSA) is 84.8 Å². The van der Waals surface area contributed by atoms with Crippen molar-refractivity contribution in [3.63, 3.8) is 0 Å². The fourth-order valence-corrected chi connectivity index (χ4v) is 3.51. The molecule has 1 aromatic carbocycles. The van der Waals surface area contributed by atoms with Gasteiger partial charge in [0.15, 0.2) is 5.69 Å². The second-order valence-electron chi connectivity index (χ2n) is 7.79. The lowest BCUT2D eigenvalue weighted by Crippen LogP contribution is -2.46. The molecule has 1 saturated heterocycles. The highest BCUT2D eigenvalue weighted by Crippen LogP contribution is 2.25. The summed E-state index contributed by atoms with van der Waals surface area (Å²) in [6.45, 7) is 10.2. The Morgan fingerprint density at radius 1 is 1.10 bits per heavy atom. The summed E-state index contributed by atoms with van der Waals surface area (Å²) in [6.07, 6.45) is 1.71. The molecule has 9 nitrogen and oxygen atoms in total. The van der Waals surface area contributed by atoms with Crippen LogP contribution in [0.25, 0.3) is 0 Å². The van der Waals surface area contributed by atoms with Crippen molar-refractivity contribution in [3.8, 4) is 11.5 Å². The Morgan fingerprint density at radius 2 is 1.83 bits per heavy atom. The van der Waals surface area contributed by atoms with E-state index in [1.165, 1.54) is 0 Å². The van der Waals surface area contributed by atoms with E-state index in [-0.39, 0.29) is 11.9 Å². The minimum atomic E-state index is -0.183. The van der Waals surface area contributed by atoms with Crippen LogP contribution in [0, 0.1) is 0 Å². The van der Waals surface area contributed by atoms with Gasteiger partial charge in [0, 0.05) is 50.9 Å². The number of nitrogens with one attached hydrogen (secondary N) is 1. The van der Waals surface area contributed by atoms with Gasteiger partial charge in [-0.1, -0.05) is 5.21 Å². The summed E-state index contributed by atoms with van der Waals surface area (Å²) < 4.78 is 12.6. The highest BCUT2D eigenvalue weighted by molar-refractivity contribution is 5.91. The lowest BCUT2D eigenvalue weighted by atomic mass is 10.1. The molecule has 1 aromatic heterocycles. The van der Waals surface area contributed by atoms with Gasteiger partial charge >= 0.3 is 0 Å². The molecule has 0 spiro atoms. The smallest absolute Gasteiger partial charge is 0.273 e. The Balaban J connectivity index is 1.45. The van der Waals surface area contributed by atoms with Gasteiger partial charge < -0.3 is 14.8 Å². The molecular formula is C21H32N6O3. The number of carbonyl (C=O) groups excluding carboxylic acids is 1. The van der Waals surface area contributed by atoms with Crippen LogP contribution < -0.4 is 14.8 Å².